The van der Waals surface area contributed by atoms with Gasteiger partial charge in [0.15, 0.2) is 0 Å². The normalized spacial score (nSPS) is 9.88. The highest BCUT2D eigenvalue weighted by molar-refractivity contribution is 5.33. The van der Waals surface area contributed by atoms with E-state index in [4.69, 9.17) is 5.26 Å². The summed E-state index contributed by atoms with van der Waals surface area (Å²) in [6.45, 7) is 0.0635. The Balaban J connectivity index is 2.40. The van der Waals surface area contributed by atoms with Crippen LogP contribution in [0.4, 0.5) is 4.39 Å². The van der Waals surface area contributed by atoms with E-state index in [0.29, 0.717) is 11.1 Å². The molecule has 0 bridgehead atoms. The number of aromatic nitrogens is 2. The fourth-order valence-corrected chi connectivity index (χ4v) is 1.45. The maximum absolute atomic E-state index is 13.5. The van der Waals surface area contributed by atoms with Gasteiger partial charge >= 0.3 is 0 Å². The van der Waals surface area contributed by atoms with Gasteiger partial charge in [-0.25, -0.2) is 9.37 Å². The van der Waals surface area contributed by atoms with Crippen LogP contribution in [0.15, 0.2) is 41.6 Å². The van der Waals surface area contributed by atoms with Crippen LogP contribution in [0.5, 0.6) is 0 Å². The molecule has 0 saturated heterocycles. The van der Waals surface area contributed by atoms with Crippen LogP contribution in [0.2, 0.25) is 0 Å². The lowest BCUT2D eigenvalue weighted by atomic mass is 10.1. The van der Waals surface area contributed by atoms with Gasteiger partial charge in [0, 0.05) is 17.8 Å². The third kappa shape index (κ3) is 2.37. The van der Waals surface area contributed by atoms with Gasteiger partial charge in [0.1, 0.15) is 5.82 Å². The van der Waals surface area contributed by atoms with Gasteiger partial charge in [-0.1, -0.05) is 0 Å². The standard InChI is InChI=1S/C12H8FN3O/c13-11-2-1-9(6-14)5-10(11)7-16-8-15-4-3-12(16)17/h1-5,8H,7H2. The van der Waals surface area contributed by atoms with E-state index < -0.39 is 5.82 Å². The van der Waals surface area contributed by atoms with Crippen LogP contribution < -0.4 is 5.56 Å². The molecule has 0 aliphatic carbocycles. The molecular formula is C12H8FN3O. The van der Waals surface area contributed by atoms with Gasteiger partial charge in [-0.05, 0) is 18.2 Å². The number of benzene rings is 1. The minimum Gasteiger partial charge on any atom is -0.295 e. The molecule has 0 N–H and O–H groups in total. The Hall–Kier alpha value is -2.48. The van der Waals surface area contributed by atoms with Crippen LogP contribution in [0, 0.1) is 17.1 Å². The first-order valence-electron chi connectivity index (χ1n) is 4.89. The zero-order valence-electron chi connectivity index (χ0n) is 8.80. The number of rotatable bonds is 2. The molecule has 84 valence electrons. The number of hydrogen-bond donors (Lipinski definition) is 0. The van der Waals surface area contributed by atoms with E-state index in [0.717, 1.165) is 0 Å². The van der Waals surface area contributed by atoms with E-state index >= 15 is 0 Å². The van der Waals surface area contributed by atoms with Crippen molar-refractivity contribution in [3.63, 3.8) is 0 Å². The molecule has 0 fully saturated rings. The molecule has 0 atom stereocenters. The van der Waals surface area contributed by atoms with Crippen molar-refractivity contribution in [1.29, 1.82) is 5.26 Å². The lowest BCUT2D eigenvalue weighted by Gasteiger charge is -2.05. The summed E-state index contributed by atoms with van der Waals surface area (Å²) in [5.41, 5.74) is 0.388. The molecule has 0 aliphatic rings. The first-order chi connectivity index (χ1) is 8.20. The Morgan fingerprint density at radius 2 is 2.24 bits per heavy atom. The van der Waals surface area contributed by atoms with Crippen molar-refractivity contribution in [1.82, 2.24) is 9.55 Å². The zero-order chi connectivity index (χ0) is 12.3. The van der Waals surface area contributed by atoms with E-state index in [1.54, 1.807) is 0 Å². The summed E-state index contributed by atoms with van der Waals surface area (Å²) in [5, 5.41) is 8.72. The van der Waals surface area contributed by atoms with Crippen LogP contribution in [-0.4, -0.2) is 9.55 Å². The van der Waals surface area contributed by atoms with E-state index in [-0.39, 0.29) is 12.1 Å². The third-order valence-corrected chi connectivity index (χ3v) is 2.31. The molecule has 4 nitrogen and oxygen atoms in total. The number of nitriles is 1. The highest BCUT2D eigenvalue weighted by atomic mass is 19.1. The van der Waals surface area contributed by atoms with Gasteiger partial charge in [-0.3, -0.25) is 9.36 Å². The number of nitrogens with zero attached hydrogens (tertiary/aromatic N) is 3. The van der Waals surface area contributed by atoms with Crippen LogP contribution in [0.25, 0.3) is 0 Å². The van der Waals surface area contributed by atoms with E-state index in [1.165, 1.54) is 41.4 Å². The summed E-state index contributed by atoms with van der Waals surface area (Å²) in [5.74, 6) is -0.445. The molecule has 1 aromatic heterocycles. The van der Waals surface area contributed by atoms with Crippen LogP contribution in [0.1, 0.15) is 11.1 Å². The molecule has 17 heavy (non-hydrogen) atoms. The van der Waals surface area contributed by atoms with Gasteiger partial charge < -0.3 is 0 Å². The predicted molar refractivity (Wildman–Crippen MR) is 58.7 cm³/mol. The molecule has 0 spiro atoms. The SMILES string of the molecule is N#Cc1ccc(F)c(Cn2cnccc2=O)c1. The zero-order valence-corrected chi connectivity index (χ0v) is 8.80. The second-order valence-electron chi connectivity index (χ2n) is 3.46. The van der Waals surface area contributed by atoms with Crippen LogP contribution in [-0.2, 0) is 6.54 Å². The molecule has 5 heteroatoms. The Bertz CT molecular complexity index is 643. The molecule has 2 aromatic rings. The molecule has 0 unspecified atom stereocenters. The average molecular weight is 229 g/mol. The predicted octanol–water partition coefficient (Wildman–Crippen LogP) is 1.30. The van der Waals surface area contributed by atoms with Crippen molar-refractivity contribution < 1.29 is 4.39 Å². The first-order valence-corrected chi connectivity index (χ1v) is 4.89. The third-order valence-electron chi connectivity index (χ3n) is 2.31. The Labute approximate surface area is 96.6 Å². The van der Waals surface area contributed by atoms with Gasteiger partial charge in [0.25, 0.3) is 5.56 Å². The fourth-order valence-electron chi connectivity index (χ4n) is 1.45. The Morgan fingerprint density at radius 3 is 2.94 bits per heavy atom. The highest BCUT2D eigenvalue weighted by Gasteiger charge is 2.05. The maximum atomic E-state index is 13.5. The number of halogens is 1. The number of hydrogen-bond acceptors (Lipinski definition) is 3. The van der Waals surface area contributed by atoms with Crippen molar-refractivity contribution in [2.45, 2.75) is 6.54 Å². The van der Waals surface area contributed by atoms with Crippen molar-refractivity contribution in [2.24, 2.45) is 0 Å². The van der Waals surface area contributed by atoms with Gasteiger partial charge in [0.05, 0.1) is 24.5 Å². The topological polar surface area (TPSA) is 58.7 Å². The van der Waals surface area contributed by atoms with Crippen molar-refractivity contribution >= 4 is 0 Å². The summed E-state index contributed by atoms with van der Waals surface area (Å²) in [7, 11) is 0. The summed E-state index contributed by atoms with van der Waals surface area (Å²) < 4.78 is 14.8. The Kier molecular flexibility index (Phi) is 2.97. The van der Waals surface area contributed by atoms with Crippen LogP contribution >= 0.6 is 0 Å². The molecule has 0 radical (unpaired) electrons. The highest BCUT2D eigenvalue weighted by Crippen LogP contribution is 2.10. The van der Waals surface area contributed by atoms with Gasteiger partial charge in [-0.15, -0.1) is 0 Å². The van der Waals surface area contributed by atoms with Crippen molar-refractivity contribution in [3.05, 3.63) is 64.1 Å². The smallest absolute Gasteiger partial charge is 0.253 e. The van der Waals surface area contributed by atoms with Crippen LogP contribution in [0.3, 0.4) is 0 Å². The van der Waals surface area contributed by atoms with Crippen molar-refractivity contribution in [2.75, 3.05) is 0 Å². The fraction of sp³-hybridized carbons (Fsp3) is 0.0833. The molecule has 0 saturated carbocycles. The summed E-state index contributed by atoms with van der Waals surface area (Å²) in [4.78, 5) is 15.2. The van der Waals surface area contributed by atoms with Gasteiger partial charge in [0.2, 0.25) is 0 Å². The minimum atomic E-state index is -0.445. The average Bonchev–Trinajstić information content (AvgIpc) is 2.35. The summed E-state index contributed by atoms with van der Waals surface area (Å²) in [6.07, 6.45) is 2.71. The Morgan fingerprint density at radius 1 is 1.41 bits per heavy atom. The van der Waals surface area contributed by atoms with E-state index in [9.17, 15) is 9.18 Å². The quantitative estimate of drug-likeness (QED) is 0.779. The van der Waals surface area contributed by atoms with E-state index in [2.05, 4.69) is 4.98 Å². The molecule has 1 heterocycles. The molecule has 0 amide bonds. The van der Waals surface area contributed by atoms with Crippen molar-refractivity contribution in [3.8, 4) is 6.07 Å². The lowest BCUT2D eigenvalue weighted by molar-refractivity contribution is 0.594. The minimum absolute atomic E-state index is 0.0635. The molecule has 2 rings (SSSR count). The largest absolute Gasteiger partial charge is 0.295 e. The van der Waals surface area contributed by atoms with E-state index in [1.807, 2.05) is 6.07 Å². The summed E-state index contributed by atoms with van der Waals surface area (Å²) >= 11 is 0. The molecular weight excluding hydrogens is 221 g/mol. The van der Waals surface area contributed by atoms with Gasteiger partial charge in [-0.2, -0.15) is 5.26 Å². The monoisotopic (exact) mass is 229 g/mol. The molecule has 0 aliphatic heterocycles. The molecule has 1 aromatic carbocycles. The lowest BCUT2D eigenvalue weighted by Crippen LogP contribution is -2.19. The maximum Gasteiger partial charge on any atom is 0.253 e. The first kappa shape index (κ1) is 11.0. The summed E-state index contributed by atoms with van der Waals surface area (Å²) in [6, 6.07) is 7.26. The second-order valence-corrected chi connectivity index (χ2v) is 3.46. The second kappa shape index (κ2) is 4.58.